The van der Waals surface area contributed by atoms with E-state index < -0.39 is 4.92 Å². The van der Waals surface area contributed by atoms with Crippen LogP contribution in [0.2, 0.25) is 0 Å². The molecule has 0 saturated carbocycles. The van der Waals surface area contributed by atoms with Gasteiger partial charge in [-0.25, -0.2) is 0 Å². The molecule has 130 valence electrons. The number of hydrogen-bond donors (Lipinski definition) is 1. The molecule has 0 spiro atoms. The van der Waals surface area contributed by atoms with E-state index >= 15 is 0 Å². The van der Waals surface area contributed by atoms with Gasteiger partial charge in [-0.3, -0.25) is 15.0 Å². The first-order valence-corrected chi connectivity index (χ1v) is 8.39. The molecule has 1 aliphatic rings. The van der Waals surface area contributed by atoms with Gasteiger partial charge in [-0.05, 0) is 44.1 Å². The van der Waals surface area contributed by atoms with E-state index in [1.807, 2.05) is 18.2 Å². The van der Waals surface area contributed by atoms with Crippen molar-refractivity contribution in [1.82, 2.24) is 4.90 Å². The summed E-state index contributed by atoms with van der Waals surface area (Å²) in [6, 6.07) is 10.2. The van der Waals surface area contributed by atoms with Crippen LogP contribution in [-0.2, 0) is 0 Å². The second-order valence-electron chi connectivity index (χ2n) is 6.11. The van der Waals surface area contributed by atoms with E-state index in [4.69, 9.17) is 4.42 Å². The molecule has 25 heavy (non-hydrogen) atoms. The van der Waals surface area contributed by atoms with Crippen molar-refractivity contribution in [3.63, 3.8) is 0 Å². The van der Waals surface area contributed by atoms with E-state index in [1.54, 1.807) is 12.3 Å². The number of non-ortho nitro benzene ring substituents is 1. The first-order chi connectivity index (χ1) is 12.2. The molecule has 2 heterocycles. The number of nitrogens with zero attached hydrogens (tertiary/aromatic N) is 3. The van der Waals surface area contributed by atoms with Gasteiger partial charge in [0.25, 0.3) is 5.69 Å². The van der Waals surface area contributed by atoms with Crippen molar-refractivity contribution < 1.29 is 9.34 Å². The smallest absolute Gasteiger partial charge is 0.270 e. The van der Waals surface area contributed by atoms with Crippen LogP contribution in [0, 0.1) is 21.4 Å². The Kier molecular flexibility index (Phi) is 5.31. The third-order valence-electron chi connectivity index (χ3n) is 4.52. The Bertz CT molecular complexity index is 761. The van der Waals surface area contributed by atoms with Crippen molar-refractivity contribution >= 4 is 11.4 Å². The Balaban J connectivity index is 1.77. The van der Waals surface area contributed by atoms with E-state index in [1.165, 1.54) is 18.6 Å². The summed E-state index contributed by atoms with van der Waals surface area (Å²) in [6.07, 6.45) is 5.24. The number of nitro benzene ring substituents is 1. The number of anilines is 1. The topological polar surface area (TPSA) is 95.3 Å². The van der Waals surface area contributed by atoms with Gasteiger partial charge in [0.1, 0.15) is 11.8 Å². The molecule has 1 fully saturated rings. The molecule has 1 unspecified atom stereocenters. The number of piperidine rings is 1. The monoisotopic (exact) mass is 340 g/mol. The zero-order valence-electron chi connectivity index (χ0n) is 13.9. The lowest BCUT2D eigenvalue weighted by molar-refractivity contribution is -0.384. The lowest BCUT2D eigenvalue weighted by atomic mass is 10.1. The fraction of sp³-hybridized carbons (Fsp3) is 0.389. The fourth-order valence-corrected chi connectivity index (χ4v) is 3.22. The number of nitriles is 1. The van der Waals surface area contributed by atoms with Crippen LogP contribution in [0.4, 0.5) is 11.4 Å². The lowest BCUT2D eigenvalue weighted by Gasteiger charge is -2.33. The Morgan fingerprint density at radius 2 is 2.12 bits per heavy atom. The SMILES string of the molecule is N#Cc1cc([N+](=O)[O-])ccc1NCC(c1ccco1)N1CCCCC1. The number of hydrogen-bond acceptors (Lipinski definition) is 6. The van der Waals surface area contributed by atoms with Crippen LogP contribution in [0.3, 0.4) is 0 Å². The van der Waals surface area contributed by atoms with Gasteiger partial charge in [-0.1, -0.05) is 6.42 Å². The molecule has 1 aromatic heterocycles. The van der Waals surface area contributed by atoms with Gasteiger partial charge in [-0.2, -0.15) is 5.26 Å². The Labute approximate surface area is 146 Å². The maximum Gasteiger partial charge on any atom is 0.270 e. The molecule has 1 N–H and O–H groups in total. The number of rotatable bonds is 6. The number of nitrogens with one attached hydrogen (secondary N) is 1. The first-order valence-electron chi connectivity index (χ1n) is 8.39. The van der Waals surface area contributed by atoms with Crippen LogP contribution in [-0.4, -0.2) is 29.5 Å². The molecule has 0 aliphatic carbocycles. The van der Waals surface area contributed by atoms with Crippen LogP contribution < -0.4 is 5.32 Å². The predicted molar refractivity (Wildman–Crippen MR) is 93.2 cm³/mol. The van der Waals surface area contributed by atoms with Crippen LogP contribution >= 0.6 is 0 Å². The zero-order valence-corrected chi connectivity index (χ0v) is 13.9. The minimum absolute atomic E-state index is 0.0667. The Hall–Kier alpha value is -2.85. The van der Waals surface area contributed by atoms with E-state index in [9.17, 15) is 15.4 Å². The van der Waals surface area contributed by atoms with Crippen LogP contribution in [0.25, 0.3) is 0 Å². The molecule has 1 atom stereocenters. The van der Waals surface area contributed by atoms with Crippen molar-refractivity contribution in [2.75, 3.05) is 25.0 Å². The molecule has 1 aliphatic heterocycles. The normalized spacial score (nSPS) is 16.1. The maximum absolute atomic E-state index is 10.9. The van der Waals surface area contributed by atoms with Crippen LogP contribution in [0.5, 0.6) is 0 Å². The largest absolute Gasteiger partial charge is 0.468 e. The average Bonchev–Trinajstić information content (AvgIpc) is 3.17. The van der Waals surface area contributed by atoms with Gasteiger partial charge in [0.15, 0.2) is 0 Å². The van der Waals surface area contributed by atoms with E-state index in [-0.39, 0.29) is 17.3 Å². The standard InChI is InChI=1S/C18H20N4O3/c19-12-14-11-15(22(23)24)6-7-16(14)20-13-17(18-5-4-10-25-18)21-8-2-1-3-9-21/h4-7,10-11,17,20H,1-3,8-9,13H2. The predicted octanol–water partition coefficient (Wildman–Crippen LogP) is 3.70. The number of nitro groups is 1. The van der Waals surface area contributed by atoms with E-state index in [0.29, 0.717) is 12.2 Å². The summed E-state index contributed by atoms with van der Waals surface area (Å²) in [5.74, 6) is 0.884. The molecule has 0 bridgehead atoms. The molecule has 7 heteroatoms. The average molecular weight is 340 g/mol. The number of furan rings is 1. The molecule has 7 nitrogen and oxygen atoms in total. The van der Waals surface area contributed by atoms with Gasteiger partial charge < -0.3 is 9.73 Å². The number of likely N-dealkylation sites (tertiary alicyclic amines) is 1. The summed E-state index contributed by atoms with van der Waals surface area (Å²) in [4.78, 5) is 12.8. The highest BCUT2D eigenvalue weighted by Crippen LogP contribution is 2.27. The van der Waals surface area contributed by atoms with Crippen molar-refractivity contribution in [3.8, 4) is 6.07 Å². The summed E-state index contributed by atoms with van der Waals surface area (Å²) < 4.78 is 5.61. The van der Waals surface area contributed by atoms with Crippen molar-refractivity contribution in [3.05, 3.63) is 58.0 Å². The lowest BCUT2D eigenvalue weighted by Crippen LogP contribution is -2.37. The molecule has 0 radical (unpaired) electrons. The molecule has 1 saturated heterocycles. The highest BCUT2D eigenvalue weighted by molar-refractivity contribution is 5.61. The third-order valence-corrected chi connectivity index (χ3v) is 4.52. The first kappa shape index (κ1) is 17.0. The summed E-state index contributed by atoms with van der Waals surface area (Å²) >= 11 is 0. The summed E-state index contributed by atoms with van der Waals surface area (Å²) in [5, 5.41) is 23.4. The highest BCUT2D eigenvalue weighted by Gasteiger charge is 2.24. The van der Waals surface area contributed by atoms with E-state index in [0.717, 1.165) is 31.7 Å². The quantitative estimate of drug-likeness (QED) is 0.636. The van der Waals surface area contributed by atoms with Gasteiger partial charge in [0, 0.05) is 18.7 Å². The second kappa shape index (κ2) is 7.81. The fourth-order valence-electron chi connectivity index (χ4n) is 3.22. The van der Waals surface area contributed by atoms with Gasteiger partial charge >= 0.3 is 0 Å². The molecule has 2 aromatic rings. The zero-order chi connectivity index (χ0) is 17.6. The van der Waals surface area contributed by atoms with Crippen LogP contribution in [0.15, 0.2) is 41.0 Å². The van der Waals surface area contributed by atoms with Gasteiger partial charge in [0.05, 0.1) is 28.5 Å². The molecule has 1 aromatic carbocycles. The molecule has 0 amide bonds. The van der Waals surface area contributed by atoms with Gasteiger partial charge in [0.2, 0.25) is 0 Å². The van der Waals surface area contributed by atoms with Crippen molar-refractivity contribution in [2.24, 2.45) is 0 Å². The van der Waals surface area contributed by atoms with Gasteiger partial charge in [-0.15, -0.1) is 0 Å². The minimum Gasteiger partial charge on any atom is -0.468 e. The van der Waals surface area contributed by atoms with Crippen molar-refractivity contribution in [1.29, 1.82) is 5.26 Å². The summed E-state index contributed by atoms with van der Waals surface area (Å²) in [7, 11) is 0. The highest BCUT2D eigenvalue weighted by atomic mass is 16.6. The van der Waals surface area contributed by atoms with E-state index in [2.05, 4.69) is 10.2 Å². The van der Waals surface area contributed by atoms with Crippen molar-refractivity contribution in [2.45, 2.75) is 25.3 Å². The third kappa shape index (κ3) is 3.98. The Morgan fingerprint density at radius 3 is 2.76 bits per heavy atom. The molecular formula is C18H20N4O3. The summed E-state index contributed by atoms with van der Waals surface area (Å²) in [5.41, 5.74) is 0.786. The Morgan fingerprint density at radius 1 is 1.32 bits per heavy atom. The molecular weight excluding hydrogens is 320 g/mol. The number of benzene rings is 1. The minimum atomic E-state index is -0.496. The van der Waals surface area contributed by atoms with Crippen LogP contribution in [0.1, 0.15) is 36.6 Å². The molecule has 3 rings (SSSR count). The summed E-state index contributed by atoms with van der Waals surface area (Å²) in [6.45, 7) is 2.59. The maximum atomic E-state index is 10.9. The second-order valence-corrected chi connectivity index (χ2v) is 6.11.